The van der Waals surface area contributed by atoms with Crippen LogP contribution in [0.15, 0.2) is 36.7 Å². The van der Waals surface area contributed by atoms with Crippen molar-refractivity contribution in [2.45, 2.75) is 20.0 Å². The van der Waals surface area contributed by atoms with E-state index in [-0.39, 0.29) is 12.5 Å². The fraction of sp³-hybridized carbons (Fsp3) is 0.364. The number of aromatic nitrogens is 5. The lowest BCUT2D eigenvalue weighted by Gasteiger charge is -2.21. The number of fused-ring (bicyclic) bond motifs is 1. The second-order valence-corrected chi connectivity index (χ2v) is 8.06. The maximum atomic E-state index is 13.4. The third-order valence-electron chi connectivity index (χ3n) is 5.48. The Morgan fingerprint density at radius 2 is 2.12 bits per heavy atom. The van der Waals surface area contributed by atoms with Crippen molar-refractivity contribution in [3.8, 4) is 0 Å². The number of nitrogens with one attached hydrogen (secondary N) is 1. The van der Waals surface area contributed by atoms with E-state index in [1.54, 1.807) is 22.0 Å². The van der Waals surface area contributed by atoms with Crippen LogP contribution in [0.3, 0.4) is 0 Å². The number of benzene rings is 1. The number of nitrogens with zero attached hydrogens (tertiary/aromatic N) is 8. The van der Waals surface area contributed by atoms with Crippen LogP contribution in [0.25, 0.3) is 0 Å². The summed E-state index contributed by atoms with van der Waals surface area (Å²) in [6, 6.07) is 7.69. The molecule has 178 valence electrons. The molecule has 2 aromatic heterocycles. The first-order valence-electron chi connectivity index (χ1n) is 10.9. The minimum Gasteiger partial charge on any atom is -0.465 e. The average Bonchev–Trinajstić information content (AvgIpc) is 3.20. The van der Waals surface area contributed by atoms with E-state index in [2.05, 4.69) is 25.6 Å². The Morgan fingerprint density at radius 3 is 2.88 bits per heavy atom. The van der Waals surface area contributed by atoms with Crippen LogP contribution in [0.5, 0.6) is 0 Å². The van der Waals surface area contributed by atoms with Gasteiger partial charge in [-0.1, -0.05) is 17.3 Å². The molecule has 12 heteroatoms. The van der Waals surface area contributed by atoms with Crippen molar-refractivity contribution in [2.75, 3.05) is 48.8 Å². The molecule has 0 fully saturated rings. The number of rotatable bonds is 7. The van der Waals surface area contributed by atoms with Gasteiger partial charge in [-0.25, -0.2) is 14.5 Å². The van der Waals surface area contributed by atoms with Crippen LogP contribution < -0.4 is 15.1 Å². The molecule has 1 aliphatic rings. The maximum Gasteiger partial charge on any atom is 0.407 e. The molecule has 0 unspecified atom stereocenters. The average molecular weight is 466 g/mol. The van der Waals surface area contributed by atoms with Gasteiger partial charge in [0.1, 0.15) is 17.1 Å². The Labute approximate surface area is 196 Å². The van der Waals surface area contributed by atoms with E-state index in [1.165, 1.54) is 7.05 Å². The topological polar surface area (TPSA) is 133 Å². The van der Waals surface area contributed by atoms with E-state index in [0.717, 1.165) is 16.2 Å². The summed E-state index contributed by atoms with van der Waals surface area (Å²) in [7, 11) is 3.39. The molecule has 0 aliphatic carbocycles. The van der Waals surface area contributed by atoms with Crippen LogP contribution in [0, 0.1) is 0 Å². The number of carbonyl (C=O) groups excluding carboxylic acids is 1. The van der Waals surface area contributed by atoms with Gasteiger partial charge in [0.2, 0.25) is 5.95 Å². The van der Waals surface area contributed by atoms with Crippen LogP contribution >= 0.6 is 0 Å². The number of anilines is 3. The van der Waals surface area contributed by atoms with Crippen LogP contribution in [0.4, 0.5) is 22.2 Å². The van der Waals surface area contributed by atoms with Gasteiger partial charge in [0.25, 0.3) is 5.91 Å². The van der Waals surface area contributed by atoms with Crippen molar-refractivity contribution in [3.63, 3.8) is 0 Å². The zero-order valence-electron chi connectivity index (χ0n) is 19.3. The summed E-state index contributed by atoms with van der Waals surface area (Å²) in [5.41, 5.74) is 2.71. The molecule has 0 atom stereocenters. The maximum absolute atomic E-state index is 13.4. The minimum absolute atomic E-state index is 0.153. The molecule has 3 heterocycles. The Kier molecular flexibility index (Phi) is 6.57. The number of amides is 2. The number of likely N-dealkylation sites (N-methyl/N-ethyl adjacent to an activating group) is 1. The monoisotopic (exact) mass is 465 g/mol. The van der Waals surface area contributed by atoms with E-state index in [9.17, 15) is 9.59 Å². The summed E-state index contributed by atoms with van der Waals surface area (Å²) >= 11 is 0. The molecule has 1 aliphatic heterocycles. The van der Waals surface area contributed by atoms with Crippen LogP contribution in [-0.4, -0.2) is 80.7 Å². The van der Waals surface area contributed by atoms with E-state index < -0.39 is 6.09 Å². The predicted molar refractivity (Wildman–Crippen MR) is 126 cm³/mol. The summed E-state index contributed by atoms with van der Waals surface area (Å²) in [4.78, 5) is 38.1. The Bertz CT molecular complexity index is 1200. The van der Waals surface area contributed by atoms with Gasteiger partial charge in [-0.2, -0.15) is 4.98 Å². The van der Waals surface area contributed by atoms with Crippen molar-refractivity contribution in [1.82, 2.24) is 29.9 Å². The first kappa shape index (κ1) is 23.0. The van der Waals surface area contributed by atoms with E-state index in [4.69, 9.17) is 5.11 Å². The van der Waals surface area contributed by atoms with Crippen molar-refractivity contribution < 1.29 is 14.7 Å². The molecule has 34 heavy (non-hydrogen) atoms. The Morgan fingerprint density at radius 1 is 1.29 bits per heavy atom. The predicted octanol–water partition coefficient (Wildman–Crippen LogP) is 1.75. The largest absolute Gasteiger partial charge is 0.465 e. The van der Waals surface area contributed by atoms with Gasteiger partial charge in [-0.15, -0.1) is 5.10 Å². The van der Waals surface area contributed by atoms with E-state index in [0.29, 0.717) is 49.2 Å². The first-order valence-corrected chi connectivity index (χ1v) is 10.9. The van der Waals surface area contributed by atoms with Gasteiger partial charge in [0.05, 0.1) is 19.3 Å². The molecule has 0 spiro atoms. The second kappa shape index (κ2) is 9.73. The molecule has 4 rings (SSSR count). The van der Waals surface area contributed by atoms with Crippen molar-refractivity contribution >= 4 is 29.5 Å². The second-order valence-electron chi connectivity index (χ2n) is 8.06. The molecule has 0 saturated heterocycles. The van der Waals surface area contributed by atoms with Crippen LogP contribution in [-0.2, 0) is 13.1 Å². The number of carbonyl (C=O) groups is 2. The smallest absolute Gasteiger partial charge is 0.407 e. The molecule has 0 saturated carbocycles. The lowest BCUT2D eigenvalue weighted by molar-refractivity contribution is 0.0989. The van der Waals surface area contributed by atoms with Gasteiger partial charge in [-0.05, 0) is 24.6 Å². The van der Waals surface area contributed by atoms with Crippen LogP contribution in [0.1, 0.15) is 28.5 Å². The fourth-order valence-electron chi connectivity index (χ4n) is 3.72. The first-order chi connectivity index (χ1) is 16.4. The van der Waals surface area contributed by atoms with Crippen molar-refractivity contribution in [2.24, 2.45) is 0 Å². The molecule has 3 aromatic rings. The summed E-state index contributed by atoms with van der Waals surface area (Å²) < 4.78 is 1.65. The van der Waals surface area contributed by atoms with Gasteiger partial charge >= 0.3 is 6.09 Å². The summed E-state index contributed by atoms with van der Waals surface area (Å²) in [5, 5.41) is 20.2. The normalized spacial score (nSPS) is 13.4. The van der Waals surface area contributed by atoms with Gasteiger partial charge in [-0.3, -0.25) is 4.79 Å². The lowest BCUT2D eigenvalue weighted by atomic mass is 10.1. The number of hydrogen-bond acceptors (Lipinski definition) is 8. The van der Waals surface area contributed by atoms with Gasteiger partial charge < -0.3 is 25.1 Å². The molecule has 2 amide bonds. The van der Waals surface area contributed by atoms with Crippen molar-refractivity contribution in [1.29, 1.82) is 0 Å². The third-order valence-corrected chi connectivity index (χ3v) is 5.48. The lowest BCUT2D eigenvalue weighted by Crippen LogP contribution is -2.33. The van der Waals surface area contributed by atoms with Gasteiger partial charge in [0, 0.05) is 45.6 Å². The SMILES string of the molecule is CCNc1ncc2c(n1)N(C)CCN(c1cccc(Cn3cc(CN(C)C(=O)O)nn3)c1)C2=O. The van der Waals surface area contributed by atoms with Crippen molar-refractivity contribution in [3.05, 3.63) is 53.5 Å². The highest BCUT2D eigenvalue weighted by atomic mass is 16.4. The molecular weight excluding hydrogens is 438 g/mol. The highest BCUT2D eigenvalue weighted by Gasteiger charge is 2.28. The minimum atomic E-state index is -1.03. The summed E-state index contributed by atoms with van der Waals surface area (Å²) in [5.74, 6) is 0.952. The zero-order chi connectivity index (χ0) is 24.2. The standard InChI is InChI=1S/C22H27N9O3/c1-4-23-21-24-11-18-19(25-21)28(2)8-9-31(20(18)32)17-7-5-6-15(10-17)12-30-14-16(26-27-30)13-29(3)22(33)34/h5-7,10-11,14H,4,8-9,12-13H2,1-3H3,(H,33,34)(H,23,24,25). The summed E-state index contributed by atoms with van der Waals surface area (Å²) in [6.07, 6.45) is 2.26. The molecular formula is C22H27N9O3. The zero-order valence-corrected chi connectivity index (χ0v) is 19.3. The fourth-order valence-corrected chi connectivity index (χ4v) is 3.72. The molecule has 2 N–H and O–H groups in total. The third kappa shape index (κ3) is 4.90. The van der Waals surface area contributed by atoms with Gasteiger partial charge in [0.15, 0.2) is 0 Å². The molecule has 1 aromatic carbocycles. The highest BCUT2D eigenvalue weighted by Crippen LogP contribution is 2.27. The molecule has 12 nitrogen and oxygen atoms in total. The quantitative estimate of drug-likeness (QED) is 0.535. The number of hydrogen-bond donors (Lipinski definition) is 2. The Balaban J connectivity index is 1.54. The molecule has 0 bridgehead atoms. The highest BCUT2D eigenvalue weighted by molar-refractivity contribution is 6.09. The number of carboxylic acid groups (broad SMARTS) is 1. The Hall–Kier alpha value is -4.22. The summed E-state index contributed by atoms with van der Waals surface area (Å²) in [6.45, 7) is 4.37. The van der Waals surface area contributed by atoms with E-state index in [1.807, 2.05) is 43.1 Å². The molecule has 0 radical (unpaired) electrons. The van der Waals surface area contributed by atoms with Crippen LogP contribution in [0.2, 0.25) is 0 Å². The van der Waals surface area contributed by atoms with E-state index >= 15 is 0 Å².